The summed E-state index contributed by atoms with van der Waals surface area (Å²) in [6.07, 6.45) is -1.48. The predicted octanol–water partition coefficient (Wildman–Crippen LogP) is 1.29. The Kier molecular flexibility index (Phi) is 4.99. The number of nitro benzene ring substituents is 1. The maximum atomic E-state index is 13.6. The average Bonchev–Trinajstić information content (AvgIpc) is 2.54. The van der Waals surface area contributed by atoms with Crippen LogP contribution >= 0.6 is 0 Å². The molecule has 0 saturated carbocycles. The summed E-state index contributed by atoms with van der Waals surface area (Å²) in [7, 11) is -1.79. The minimum Gasteiger partial charge on any atom is -0.425 e. The standard InChI is InChI=1S/C13H11BFN3O5/c15-12-4-2-1-3-11(12)13(19)16-9-5-8(14(20)17-21)6-10(7-9)18(22)23/h1-7,13,16,19-20H. The minimum atomic E-state index is -1.79. The van der Waals surface area contributed by atoms with Crippen molar-refractivity contribution in [1.82, 2.24) is 0 Å². The third kappa shape index (κ3) is 3.87. The third-order valence-electron chi connectivity index (χ3n) is 3.05. The van der Waals surface area contributed by atoms with Crippen molar-refractivity contribution in [2.45, 2.75) is 6.23 Å². The first-order valence-electron chi connectivity index (χ1n) is 6.41. The average molecular weight is 319 g/mol. The Morgan fingerprint density at radius 2 is 2.00 bits per heavy atom. The Morgan fingerprint density at radius 1 is 1.30 bits per heavy atom. The van der Waals surface area contributed by atoms with E-state index in [-0.39, 0.29) is 16.7 Å². The van der Waals surface area contributed by atoms with Gasteiger partial charge in [0.1, 0.15) is 5.82 Å². The number of aliphatic hydroxyl groups is 1. The monoisotopic (exact) mass is 319 g/mol. The summed E-state index contributed by atoms with van der Waals surface area (Å²) in [6.45, 7) is 0. The lowest BCUT2D eigenvalue weighted by molar-refractivity contribution is -0.384. The van der Waals surface area contributed by atoms with Crippen LogP contribution in [-0.2, 0) is 0 Å². The maximum absolute atomic E-state index is 13.6. The van der Waals surface area contributed by atoms with Gasteiger partial charge in [0, 0.05) is 23.4 Å². The van der Waals surface area contributed by atoms with Gasteiger partial charge in [-0.25, -0.2) is 4.39 Å². The van der Waals surface area contributed by atoms with E-state index in [2.05, 4.69) is 10.4 Å². The van der Waals surface area contributed by atoms with Crippen LogP contribution in [0.25, 0.3) is 0 Å². The summed E-state index contributed by atoms with van der Waals surface area (Å²) in [5, 5.41) is 35.2. The SMILES string of the molecule is O=NB(O)c1cc(NC(O)c2ccccc2F)cc([N+](=O)[O-])c1. The fourth-order valence-electron chi connectivity index (χ4n) is 1.97. The quantitative estimate of drug-likeness (QED) is 0.242. The molecule has 0 aliphatic carbocycles. The molecule has 0 aromatic heterocycles. The molecule has 2 aromatic rings. The third-order valence-corrected chi connectivity index (χ3v) is 3.05. The smallest absolute Gasteiger partial charge is 0.425 e. The Balaban J connectivity index is 2.35. The van der Waals surface area contributed by atoms with Crippen molar-refractivity contribution in [2.24, 2.45) is 5.09 Å². The fourth-order valence-corrected chi connectivity index (χ4v) is 1.97. The number of nitroso groups, excluding NO2 is 1. The Labute approximate surface area is 129 Å². The van der Waals surface area contributed by atoms with Crippen molar-refractivity contribution in [3.8, 4) is 0 Å². The molecule has 0 aliphatic heterocycles. The summed E-state index contributed by atoms with van der Waals surface area (Å²) in [5.41, 5.74) is -0.590. The highest BCUT2D eigenvalue weighted by Gasteiger charge is 2.22. The Morgan fingerprint density at radius 3 is 2.61 bits per heavy atom. The molecule has 2 aromatic carbocycles. The summed E-state index contributed by atoms with van der Waals surface area (Å²) >= 11 is 0. The van der Waals surface area contributed by atoms with Crippen LogP contribution in [0.5, 0.6) is 0 Å². The van der Waals surface area contributed by atoms with Crippen LogP contribution in [-0.4, -0.2) is 22.1 Å². The number of nitrogens with one attached hydrogen (secondary N) is 1. The highest BCUT2D eigenvalue weighted by Crippen LogP contribution is 2.22. The van der Waals surface area contributed by atoms with Crippen LogP contribution in [0, 0.1) is 20.8 Å². The van der Waals surface area contributed by atoms with Crippen LogP contribution in [0.1, 0.15) is 11.8 Å². The van der Waals surface area contributed by atoms with E-state index in [1.165, 1.54) is 24.3 Å². The summed E-state index contributed by atoms with van der Waals surface area (Å²) < 4.78 is 13.6. The number of hydrogen-bond acceptors (Lipinski definition) is 7. The topological polar surface area (TPSA) is 125 Å². The van der Waals surface area contributed by atoms with Gasteiger partial charge in [0.05, 0.1) is 4.92 Å². The fraction of sp³-hybridized carbons (Fsp3) is 0.0769. The molecule has 0 spiro atoms. The maximum Gasteiger partial charge on any atom is 0.517 e. The molecule has 0 aliphatic rings. The molecular formula is C13H11BFN3O5. The lowest BCUT2D eigenvalue weighted by Crippen LogP contribution is -2.28. The van der Waals surface area contributed by atoms with Crippen molar-refractivity contribution in [2.75, 3.05) is 5.32 Å². The second kappa shape index (κ2) is 6.94. The molecule has 0 radical (unpaired) electrons. The van der Waals surface area contributed by atoms with E-state index in [9.17, 15) is 29.5 Å². The van der Waals surface area contributed by atoms with E-state index in [4.69, 9.17) is 0 Å². The molecule has 10 heteroatoms. The zero-order chi connectivity index (χ0) is 17.0. The van der Waals surface area contributed by atoms with E-state index < -0.39 is 29.7 Å². The van der Waals surface area contributed by atoms with Gasteiger partial charge < -0.3 is 15.4 Å². The molecule has 2 rings (SSSR count). The second-order valence-electron chi connectivity index (χ2n) is 4.62. The number of nitrogens with zero attached hydrogens (tertiary/aromatic N) is 2. The van der Waals surface area contributed by atoms with Gasteiger partial charge in [0.25, 0.3) is 5.69 Å². The van der Waals surface area contributed by atoms with Gasteiger partial charge in [-0.1, -0.05) is 23.3 Å². The highest BCUT2D eigenvalue weighted by molar-refractivity contribution is 6.64. The molecular weight excluding hydrogens is 308 g/mol. The van der Waals surface area contributed by atoms with E-state index in [1.54, 1.807) is 0 Å². The van der Waals surface area contributed by atoms with Crippen LogP contribution in [0.4, 0.5) is 15.8 Å². The summed E-state index contributed by atoms with van der Waals surface area (Å²) in [5.74, 6) is -0.659. The van der Waals surface area contributed by atoms with Crippen LogP contribution in [0.2, 0.25) is 0 Å². The van der Waals surface area contributed by atoms with Crippen molar-refractivity contribution < 1.29 is 19.4 Å². The largest absolute Gasteiger partial charge is 0.517 e. The van der Waals surface area contributed by atoms with Gasteiger partial charge >= 0.3 is 7.05 Å². The Hall–Kier alpha value is -2.85. The van der Waals surface area contributed by atoms with E-state index >= 15 is 0 Å². The lowest BCUT2D eigenvalue weighted by atomic mass is 9.75. The molecule has 3 N–H and O–H groups in total. The molecule has 0 bridgehead atoms. The van der Waals surface area contributed by atoms with E-state index in [0.717, 1.165) is 18.2 Å². The molecule has 0 heterocycles. The van der Waals surface area contributed by atoms with Crippen molar-refractivity contribution in [3.63, 3.8) is 0 Å². The molecule has 1 atom stereocenters. The predicted molar refractivity (Wildman–Crippen MR) is 81.5 cm³/mol. The van der Waals surface area contributed by atoms with E-state index in [0.29, 0.717) is 0 Å². The zero-order valence-corrected chi connectivity index (χ0v) is 11.6. The zero-order valence-electron chi connectivity index (χ0n) is 11.6. The number of rotatable bonds is 6. The molecule has 118 valence electrons. The Bertz CT molecular complexity index is 745. The number of non-ortho nitro benzene ring substituents is 1. The number of benzene rings is 2. The molecule has 1 unspecified atom stereocenters. The molecule has 23 heavy (non-hydrogen) atoms. The first kappa shape index (κ1) is 16.5. The number of hydrogen-bond donors (Lipinski definition) is 3. The molecule has 0 amide bonds. The minimum absolute atomic E-state index is 0.0210. The van der Waals surface area contributed by atoms with Gasteiger partial charge in [0.2, 0.25) is 0 Å². The van der Waals surface area contributed by atoms with E-state index in [1.807, 2.05) is 0 Å². The van der Waals surface area contributed by atoms with Crippen molar-refractivity contribution >= 4 is 23.9 Å². The van der Waals surface area contributed by atoms with Crippen molar-refractivity contribution in [1.29, 1.82) is 0 Å². The van der Waals surface area contributed by atoms with Crippen molar-refractivity contribution in [3.05, 3.63) is 68.9 Å². The first-order valence-corrected chi connectivity index (χ1v) is 6.41. The van der Waals surface area contributed by atoms with Gasteiger partial charge in [-0.2, -0.15) is 4.91 Å². The lowest BCUT2D eigenvalue weighted by Gasteiger charge is -2.15. The molecule has 8 nitrogen and oxygen atoms in total. The van der Waals surface area contributed by atoms with Crippen LogP contribution in [0.3, 0.4) is 0 Å². The summed E-state index contributed by atoms with van der Waals surface area (Å²) in [4.78, 5) is 20.6. The highest BCUT2D eigenvalue weighted by atomic mass is 19.1. The van der Waals surface area contributed by atoms with Crippen LogP contribution in [0.15, 0.2) is 47.6 Å². The van der Waals surface area contributed by atoms with Gasteiger partial charge in [-0.05, 0) is 17.6 Å². The van der Waals surface area contributed by atoms with Crippen LogP contribution < -0.4 is 10.8 Å². The number of aliphatic hydroxyl groups excluding tert-OH is 1. The van der Waals surface area contributed by atoms with Gasteiger partial charge in [-0.3, -0.25) is 10.1 Å². The first-order chi connectivity index (χ1) is 10.9. The van der Waals surface area contributed by atoms with Gasteiger partial charge in [0.15, 0.2) is 6.23 Å². The van der Waals surface area contributed by atoms with Gasteiger partial charge in [-0.15, -0.1) is 0 Å². The summed E-state index contributed by atoms with van der Waals surface area (Å²) in [6, 6.07) is 8.71. The normalized spacial score (nSPS) is 11.6. The number of nitro groups is 1. The number of halogens is 1. The number of anilines is 1. The second-order valence-corrected chi connectivity index (χ2v) is 4.62. The molecule has 0 saturated heterocycles. The molecule has 0 fully saturated rings.